The number of rotatable bonds is 4. The van der Waals surface area contributed by atoms with Gasteiger partial charge in [-0.05, 0) is 40.2 Å². The highest BCUT2D eigenvalue weighted by molar-refractivity contribution is 5.79. The standard InChI is InChI=1S/C19H24N6O2/c1-11-8-17-21-9-15(16-7-12(2)23-27-16)18(25(17)22-11)14-5-4-6-24(10-14)13(3)19(20)26/h7-9,13-14H,4-6,10H2,1-3H3,(H2,20,26)/t13-,14+/m1/s1. The van der Waals surface area contributed by atoms with Crippen molar-refractivity contribution in [1.29, 1.82) is 0 Å². The van der Waals surface area contributed by atoms with Crippen molar-refractivity contribution in [2.45, 2.75) is 45.6 Å². The van der Waals surface area contributed by atoms with Crippen LogP contribution >= 0.6 is 0 Å². The number of piperidine rings is 1. The number of carbonyl (C=O) groups is 1. The van der Waals surface area contributed by atoms with Crippen LogP contribution in [-0.2, 0) is 4.79 Å². The fourth-order valence-electron chi connectivity index (χ4n) is 3.90. The Hall–Kier alpha value is -2.74. The van der Waals surface area contributed by atoms with Gasteiger partial charge in [0.15, 0.2) is 11.4 Å². The first-order valence-electron chi connectivity index (χ1n) is 9.26. The summed E-state index contributed by atoms with van der Waals surface area (Å²) in [5, 5.41) is 8.70. The van der Waals surface area contributed by atoms with E-state index in [0.29, 0.717) is 5.76 Å². The van der Waals surface area contributed by atoms with Crippen LogP contribution in [0.25, 0.3) is 17.0 Å². The number of amides is 1. The van der Waals surface area contributed by atoms with E-state index in [1.807, 2.05) is 43.6 Å². The monoisotopic (exact) mass is 368 g/mol. The quantitative estimate of drug-likeness (QED) is 0.756. The number of nitrogens with zero attached hydrogens (tertiary/aromatic N) is 5. The zero-order chi connectivity index (χ0) is 19.1. The fourth-order valence-corrected chi connectivity index (χ4v) is 3.90. The Morgan fingerprint density at radius 2 is 2.15 bits per heavy atom. The van der Waals surface area contributed by atoms with Crippen molar-refractivity contribution in [2.75, 3.05) is 13.1 Å². The molecule has 4 heterocycles. The number of aromatic nitrogens is 4. The predicted molar refractivity (Wildman–Crippen MR) is 100 cm³/mol. The third kappa shape index (κ3) is 3.21. The fraction of sp³-hybridized carbons (Fsp3) is 0.474. The predicted octanol–water partition coefficient (Wildman–Crippen LogP) is 2.05. The summed E-state index contributed by atoms with van der Waals surface area (Å²) < 4.78 is 7.44. The van der Waals surface area contributed by atoms with Gasteiger partial charge >= 0.3 is 0 Å². The highest BCUT2D eigenvalue weighted by Gasteiger charge is 2.31. The third-order valence-corrected chi connectivity index (χ3v) is 5.34. The third-order valence-electron chi connectivity index (χ3n) is 5.34. The molecule has 27 heavy (non-hydrogen) atoms. The van der Waals surface area contributed by atoms with Crippen LogP contribution in [-0.4, -0.2) is 49.7 Å². The summed E-state index contributed by atoms with van der Waals surface area (Å²) in [5.41, 5.74) is 10.0. The normalized spacial score (nSPS) is 19.4. The molecule has 0 bridgehead atoms. The molecule has 4 rings (SSSR count). The molecule has 8 heteroatoms. The molecule has 3 aromatic rings. The second kappa shape index (κ2) is 6.77. The maximum atomic E-state index is 11.7. The highest BCUT2D eigenvalue weighted by Crippen LogP contribution is 2.35. The molecular weight excluding hydrogens is 344 g/mol. The van der Waals surface area contributed by atoms with E-state index in [0.717, 1.165) is 54.2 Å². The van der Waals surface area contributed by atoms with E-state index in [2.05, 4.69) is 20.1 Å². The topological polar surface area (TPSA) is 103 Å². The second-order valence-electron chi connectivity index (χ2n) is 7.36. The average molecular weight is 368 g/mol. The Kier molecular flexibility index (Phi) is 4.43. The first-order chi connectivity index (χ1) is 12.9. The summed E-state index contributed by atoms with van der Waals surface area (Å²) in [6, 6.07) is 3.58. The van der Waals surface area contributed by atoms with Crippen molar-refractivity contribution in [2.24, 2.45) is 5.73 Å². The van der Waals surface area contributed by atoms with Gasteiger partial charge in [-0.25, -0.2) is 9.50 Å². The number of fused-ring (bicyclic) bond motifs is 1. The molecule has 0 unspecified atom stereocenters. The van der Waals surface area contributed by atoms with Crippen molar-refractivity contribution < 1.29 is 9.32 Å². The van der Waals surface area contributed by atoms with Crippen molar-refractivity contribution >= 4 is 11.6 Å². The number of hydrogen-bond acceptors (Lipinski definition) is 6. The van der Waals surface area contributed by atoms with Crippen LogP contribution in [0.5, 0.6) is 0 Å². The van der Waals surface area contributed by atoms with E-state index in [1.165, 1.54) is 0 Å². The SMILES string of the molecule is Cc1cc(-c2cnc3cc(C)nn3c2[C@H]2CCCN([C@H](C)C(N)=O)C2)on1. The lowest BCUT2D eigenvalue weighted by Crippen LogP contribution is -2.47. The molecule has 1 fully saturated rings. The molecule has 1 saturated heterocycles. The van der Waals surface area contributed by atoms with Crippen LogP contribution in [0.1, 0.15) is 42.8 Å². The molecule has 0 aliphatic carbocycles. The number of nitrogens with two attached hydrogens (primary N) is 1. The minimum Gasteiger partial charge on any atom is -0.368 e. The van der Waals surface area contributed by atoms with Gasteiger partial charge in [-0.1, -0.05) is 5.16 Å². The van der Waals surface area contributed by atoms with Crippen LogP contribution in [0.3, 0.4) is 0 Å². The molecule has 1 aliphatic heterocycles. The lowest BCUT2D eigenvalue weighted by atomic mass is 9.90. The second-order valence-corrected chi connectivity index (χ2v) is 7.36. The summed E-state index contributed by atoms with van der Waals surface area (Å²) in [6.45, 7) is 7.32. The molecule has 0 aromatic carbocycles. The van der Waals surface area contributed by atoms with Crippen LogP contribution in [0.2, 0.25) is 0 Å². The zero-order valence-corrected chi connectivity index (χ0v) is 15.8. The molecule has 0 radical (unpaired) electrons. The van der Waals surface area contributed by atoms with Crippen LogP contribution in [0, 0.1) is 13.8 Å². The summed E-state index contributed by atoms with van der Waals surface area (Å²) in [4.78, 5) is 18.4. The molecule has 3 aromatic heterocycles. The summed E-state index contributed by atoms with van der Waals surface area (Å²) >= 11 is 0. The maximum Gasteiger partial charge on any atom is 0.234 e. The Morgan fingerprint density at radius 1 is 1.33 bits per heavy atom. The van der Waals surface area contributed by atoms with Crippen molar-refractivity contribution in [3.63, 3.8) is 0 Å². The van der Waals surface area contributed by atoms with Crippen LogP contribution < -0.4 is 5.73 Å². The van der Waals surface area contributed by atoms with Gasteiger partial charge in [-0.3, -0.25) is 9.69 Å². The van der Waals surface area contributed by atoms with Gasteiger partial charge in [0.05, 0.1) is 28.7 Å². The molecule has 8 nitrogen and oxygen atoms in total. The molecule has 0 spiro atoms. The van der Waals surface area contributed by atoms with Gasteiger partial charge < -0.3 is 10.3 Å². The Labute approximate surface area is 157 Å². The Balaban J connectivity index is 1.82. The summed E-state index contributed by atoms with van der Waals surface area (Å²) in [6.07, 6.45) is 3.82. The maximum absolute atomic E-state index is 11.7. The smallest absolute Gasteiger partial charge is 0.234 e. The van der Waals surface area contributed by atoms with Gasteiger partial charge in [0.25, 0.3) is 0 Å². The van der Waals surface area contributed by atoms with Gasteiger partial charge in [0, 0.05) is 30.8 Å². The molecule has 1 aliphatic rings. The molecule has 142 valence electrons. The molecule has 0 saturated carbocycles. The molecule has 2 N–H and O–H groups in total. The lowest BCUT2D eigenvalue weighted by molar-refractivity contribution is -0.123. The number of aryl methyl sites for hydroxylation is 2. The van der Waals surface area contributed by atoms with E-state index < -0.39 is 0 Å². The highest BCUT2D eigenvalue weighted by atomic mass is 16.5. The first-order valence-corrected chi connectivity index (χ1v) is 9.26. The van der Waals surface area contributed by atoms with Crippen molar-refractivity contribution in [1.82, 2.24) is 24.7 Å². The minimum atomic E-state index is -0.295. The van der Waals surface area contributed by atoms with Crippen molar-refractivity contribution in [3.05, 3.63) is 35.4 Å². The first kappa shape index (κ1) is 17.7. The van der Waals surface area contributed by atoms with Crippen LogP contribution in [0.15, 0.2) is 22.9 Å². The van der Waals surface area contributed by atoms with Gasteiger partial charge in [-0.2, -0.15) is 5.10 Å². The Morgan fingerprint density at radius 3 is 2.85 bits per heavy atom. The molecule has 2 atom stereocenters. The molecule has 1 amide bonds. The zero-order valence-electron chi connectivity index (χ0n) is 15.8. The largest absolute Gasteiger partial charge is 0.368 e. The number of primary amides is 1. The van der Waals surface area contributed by atoms with Crippen molar-refractivity contribution in [3.8, 4) is 11.3 Å². The van der Waals surface area contributed by atoms with E-state index in [1.54, 1.807) is 0 Å². The van der Waals surface area contributed by atoms with Crippen LogP contribution in [0.4, 0.5) is 0 Å². The summed E-state index contributed by atoms with van der Waals surface area (Å²) in [5.74, 6) is 0.576. The minimum absolute atomic E-state index is 0.186. The lowest BCUT2D eigenvalue weighted by Gasteiger charge is -2.36. The van der Waals surface area contributed by atoms with Gasteiger partial charge in [0.1, 0.15) is 0 Å². The Bertz CT molecular complexity index is 991. The van der Waals surface area contributed by atoms with E-state index in [-0.39, 0.29) is 17.9 Å². The van der Waals surface area contributed by atoms with E-state index in [4.69, 9.17) is 10.3 Å². The van der Waals surface area contributed by atoms with E-state index >= 15 is 0 Å². The van der Waals surface area contributed by atoms with E-state index in [9.17, 15) is 4.79 Å². The summed E-state index contributed by atoms with van der Waals surface area (Å²) in [7, 11) is 0. The number of carbonyl (C=O) groups excluding carboxylic acids is 1. The molecular formula is C19H24N6O2. The van der Waals surface area contributed by atoms with Gasteiger partial charge in [-0.15, -0.1) is 0 Å². The average Bonchev–Trinajstić information content (AvgIpc) is 3.24. The van der Waals surface area contributed by atoms with Gasteiger partial charge in [0.2, 0.25) is 5.91 Å². The number of hydrogen-bond donors (Lipinski definition) is 1. The number of likely N-dealkylation sites (tertiary alicyclic amines) is 1.